The molecule has 1 unspecified atom stereocenters. The van der Waals surface area contributed by atoms with E-state index in [9.17, 15) is 9.59 Å². The number of likely N-dealkylation sites (tertiary alicyclic amines) is 2. The molecule has 2 fully saturated rings. The van der Waals surface area contributed by atoms with Crippen LogP contribution in [0.2, 0.25) is 0 Å². The number of amides is 2. The van der Waals surface area contributed by atoms with Crippen molar-refractivity contribution in [3.05, 3.63) is 35.9 Å². The first kappa shape index (κ1) is 20.8. The summed E-state index contributed by atoms with van der Waals surface area (Å²) >= 11 is 0. The van der Waals surface area contributed by atoms with E-state index in [1.165, 1.54) is 0 Å². The number of carbonyl (C=O) groups excluding carboxylic acids is 2. The summed E-state index contributed by atoms with van der Waals surface area (Å²) in [6.07, 6.45) is 3.91. The molecule has 1 aromatic carbocycles. The number of nitrogens with one attached hydrogen (secondary N) is 1. The molecule has 2 aliphatic heterocycles. The van der Waals surface area contributed by atoms with Gasteiger partial charge in [0.2, 0.25) is 5.91 Å². The monoisotopic (exact) mass is 386 g/mol. The van der Waals surface area contributed by atoms with Gasteiger partial charge in [-0.15, -0.1) is 0 Å². The van der Waals surface area contributed by atoms with E-state index in [1.807, 2.05) is 30.3 Å². The smallest absolute Gasteiger partial charge is 0.254 e. The summed E-state index contributed by atoms with van der Waals surface area (Å²) in [6, 6.07) is 8.94. The van der Waals surface area contributed by atoms with Crippen LogP contribution in [0.4, 0.5) is 0 Å². The third-order valence-electron chi connectivity index (χ3n) is 5.97. The molecule has 0 radical (unpaired) electrons. The quantitative estimate of drug-likeness (QED) is 0.775. The van der Waals surface area contributed by atoms with Crippen molar-refractivity contribution in [2.24, 2.45) is 5.92 Å². The number of piperidine rings is 1. The molecule has 2 heterocycles. The lowest BCUT2D eigenvalue weighted by Gasteiger charge is -2.33. The van der Waals surface area contributed by atoms with Crippen LogP contribution in [0, 0.1) is 5.92 Å². The van der Waals surface area contributed by atoms with Gasteiger partial charge < -0.3 is 20.0 Å². The average Bonchev–Trinajstić information content (AvgIpc) is 3.21. The zero-order valence-corrected chi connectivity index (χ0v) is 17.3. The molecule has 0 spiro atoms. The summed E-state index contributed by atoms with van der Waals surface area (Å²) in [5.41, 5.74) is 0.660. The van der Waals surface area contributed by atoms with Crippen molar-refractivity contribution in [2.75, 3.05) is 53.4 Å². The second-order valence-corrected chi connectivity index (χ2v) is 8.36. The standard InChI is InChI=1S/C22H34N4O2/c1-24(2)15-16-25-13-10-18(11-14-25)17-23-21(27)20-9-6-12-26(20)22(28)19-7-4-3-5-8-19/h3-5,7-8,18,20H,6,9-17H2,1-2H3,(H,23,27). The van der Waals surface area contributed by atoms with Gasteiger partial charge in [0.1, 0.15) is 6.04 Å². The lowest BCUT2D eigenvalue weighted by molar-refractivity contribution is -0.125. The fraction of sp³-hybridized carbons (Fsp3) is 0.636. The van der Waals surface area contributed by atoms with Crippen molar-refractivity contribution in [1.82, 2.24) is 20.0 Å². The molecule has 3 rings (SSSR count). The zero-order chi connectivity index (χ0) is 19.9. The maximum Gasteiger partial charge on any atom is 0.254 e. The second-order valence-electron chi connectivity index (χ2n) is 8.36. The maximum absolute atomic E-state index is 12.8. The first-order chi connectivity index (χ1) is 13.5. The lowest BCUT2D eigenvalue weighted by Crippen LogP contribution is -2.48. The Morgan fingerprint density at radius 1 is 1.07 bits per heavy atom. The van der Waals surface area contributed by atoms with Crippen LogP contribution in [0.3, 0.4) is 0 Å². The number of benzene rings is 1. The molecule has 28 heavy (non-hydrogen) atoms. The van der Waals surface area contributed by atoms with E-state index >= 15 is 0 Å². The number of likely N-dealkylation sites (N-methyl/N-ethyl adjacent to an activating group) is 1. The number of carbonyl (C=O) groups is 2. The topological polar surface area (TPSA) is 55.9 Å². The normalized spacial score (nSPS) is 21.2. The minimum Gasteiger partial charge on any atom is -0.354 e. The average molecular weight is 387 g/mol. The fourth-order valence-electron chi connectivity index (χ4n) is 4.15. The molecular formula is C22H34N4O2. The van der Waals surface area contributed by atoms with E-state index in [0.717, 1.165) is 58.4 Å². The highest BCUT2D eigenvalue weighted by atomic mass is 16.2. The van der Waals surface area contributed by atoms with Crippen molar-refractivity contribution in [1.29, 1.82) is 0 Å². The molecule has 2 saturated heterocycles. The van der Waals surface area contributed by atoms with Gasteiger partial charge in [0.15, 0.2) is 0 Å². The summed E-state index contributed by atoms with van der Waals surface area (Å²) in [4.78, 5) is 32.0. The van der Waals surface area contributed by atoms with Crippen molar-refractivity contribution < 1.29 is 9.59 Å². The Hall–Kier alpha value is -1.92. The van der Waals surface area contributed by atoms with Gasteiger partial charge in [0, 0.05) is 31.7 Å². The van der Waals surface area contributed by atoms with Crippen LogP contribution in [-0.2, 0) is 4.79 Å². The van der Waals surface area contributed by atoms with Crippen LogP contribution in [-0.4, -0.2) is 85.9 Å². The van der Waals surface area contributed by atoms with Crippen molar-refractivity contribution in [3.63, 3.8) is 0 Å². The minimum absolute atomic E-state index is 0.0109. The van der Waals surface area contributed by atoms with E-state index < -0.39 is 0 Å². The van der Waals surface area contributed by atoms with Crippen LogP contribution >= 0.6 is 0 Å². The highest BCUT2D eigenvalue weighted by Crippen LogP contribution is 2.21. The summed E-state index contributed by atoms with van der Waals surface area (Å²) < 4.78 is 0. The molecule has 0 saturated carbocycles. The predicted octanol–water partition coefficient (Wildman–Crippen LogP) is 1.68. The second kappa shape index (κ2) is 10.0. The van der Waals surface area contributed by atoms with Gasteiger partial charge in [0.05, 0.1) is 0 Å². The van der Waals surface area contributed by atoms with E-state index in [2.05, 4.69) is 29.2 Å². The molecule has 0 aliphatic carbocycles. The Morgan fingerprint density at radius 3 is 2.46 bits per heavy atom. The Kier molecular flexibility index (Phi) is 7.45. The molecule has 6 nitrogen and oxygen atoms in total. The van der Waals surface area contributed by atoms with Gasteiger partial charge in [-0.1, -0.05) is 18.2 Å². The number of hydrogen-bond donors (Lipinski definition) is 1. The van der Waals surface area contributed by atoms with Crippen LogP contribution in [0.15, 0.2) is 30.3 Å². The fourth-order valence-corrected chi connectivity index (χ4v) is 4.15. The van der Waals surface area contributed by atoms with Gasteiger partial charge in [-0.3, -0.25) is 9.59 Å². The third kappa shape index (κ3) is 5.55. The molecule has 1 atom stereocenters. The first-order valence-electron chi connectivity index (χ1n) is 10.6. The third-order valence-corrected chi connectivity index (χ3v) is 5.97. The lowest BCUT2D eigenvalue weighted by atomic mass is 9.96. The van der Waals surface area contributed by atoms with Gasteiger partial charge in [-0.25, -0.2) is 0 Å². The molecule has 6 heteroatoms. The summed E-state index contributed by atoms with van der Waals surface area (Å²) in [7, 11) is 4.22. The van der Waals surface area contributed by atoms with Crippen molar-refractivity contribution in [3.8, 4) is 0 Å². The zero-order valence-electron chi connectivity index (χ0n) is 17.3. The largest absolute Gasteiger partial charge is 0.354 e. The van der Waals surface area contributed by atoms with Crippen molar-refractivity contribution in [2.45, 2.75) is 31.7 Å². The Morgan fingerprint density at radius 2 is 1.79 bits per heavy atom. The molecular weight excluding hydrogens is 352 g/mol. The molecule has 2 amide bonds. The number of nitrogens with zero attached hydrogens (tertiary/aromatic N) is 3. The highest BCUT2D eigenvalue weighted by molar-refractivity contribution is 5.97. The van der Waals surface area contributed by atoms with E-state index in [1.54, 1.807) is 4.90 Å². The number of hydrogen-bond acceptors (Lipinski definition) is 4. The number of rotatable bonds is 7. The highest BCUT2D eigenvalue weighted by Gasteiger charge is 2.34. The predicted molar refractivity (Wildman–Crippen MR) is 111 cm³/mol. The molecule has 0 bridgehead atoms. The van der Waals surface area contributed by atoms with Gasteiger partial charge in [-0.2, -0.15) is 0 Å². The van der Waals surface area contributed by atoms with E-state index in [4.69, 9.17) is 0 Å². The van der Waals surface area contributed by atoms with Gasteiger partial charge in [0.25, 0.3) is 5.91 Å². The van der Waals surface area contributed by atoms with E-state index in [-0.39, 0.29) is 17.9 Å². The summed E-state index contributed by atoms with van der Waals surface area (Å²) in [5.74, 6) is 0.517. The SMILES string of the molecule is CN(C)CCN1CCC(CNC(=O)C2CCCN2C(=O)c2ccccc2)CC1. The molecule has 2 aliphatic rings. The van der Waals surface area contributed by atoms with Crippen LogP contribution < -0.4 is 5.32 Å². The summed E-state index contributed by atoms with van der Waals surface area (Å²) in [5, 5.41) is 3.14. The van der Waals surface area contributed by atoms with Crippen LogP contribution in [0.1, 0.15) is 36.0 Å². The first-order valence-corrected chi connectivity index (χ1v) is 10.6. The maximum atomic E-state index is 12.8. The summed E-state index contributed by atoms with van der Waals surface area (Å²) in [6.45, 7) is 5.81. The molecule has 0 aromatic heterocycles. The molecule has 154 valence electrons. The Labute approximate surface area is 168 Å². The molecule has 1 N–H and O–H groups in total. The Balaban J connectivity index is 1.44. The minimum atomic E-state index is -0.326. The van der Waals surface area contributed by atoms with Crippen LogP contribution in [0.25, 0.3) is 0 Å². The van der Waals surface area contributed by atoms with E-state index in [0.29, 0.717) is 18.0 Å². The van der Waals surface area contributed by atoms with Gasteiger partial charge in [-0.05, 0) is 70.9 Å². The Bertz CT molecular complexity index is 641. The van der Waals surface area contributed by atoms with Crippen LogP contribution in [0.5, 0.6) is 0 Å². The van der Waals surface area contributed by atoms with Gasteiger partial charge >= 0.3 is 0 Å². The molecule has 1 aromatic rings. The van der Waals surface area contributed by atoms with Crippen molar-refractivity contribution >= 4 is 11.8 Å².